The van der Waals surface area contributed by atoms with E-state index in [0.29, 0.717) is 28.0 Å². The highest BCUT2D eigenvalue weighted by molar-refractivity contribution is 8.00. The van der Waals surface area contributed by atoms with Crippen molar-refractivity contribution in [3.05, 3.63) is 58.5 Å². The van der Waals surface area contributed by atoms with E-state index >= 15 is 0 Å². The van der Waals surface area contributed by atoms with Crippen LogP contribution < -0.4 is 16.3 Å². The van der Waals surface area contributed by atoms with Crippen molar-refractivity contribution in [3.63, 3.8) is 0 Å². The summed E-state index contributed by atoms with van der Waals surface area (Å²) in [7, 11) is 0. The Morgan fingerprint density at radius 2 is 1.62 bits per heavy atom. The highest BCUT2D eigenvalue weighted by Gasteiger charge is 2.51. The molecule has 4 aliphatic rings. The second-order valence-electron chi connectivity index (χ2n) is 10.3. The van der Waals surface area contributed by atoms with Crippen LogP contribution in [0.15, 0.2) is 52.2 Å². The summed E-state index contributed by atoms with van der Waals surface area (Å²) in [6, 6.07) is 12.6. The molecule has 0 saturated heterocycles. The lowest BCUT2D eigenvalue weighted by atomic mass is 9.53. The molecule has 4 fully saturated rings. The number of thioether (sulfide) groups is 1. The molecule has 4 N–H and O–H groups in total. The quantitative estimate of drug-likeness (QED) is 0.398. The highest BCUT2D eigenvalue weighted by atomic mass is 32.2. The number of carbonyl (C=O) groups excluding carboxylic acids is 2. The Labute approximate surface area is 201 Å². The zero-order chi connectivity index (χ0) is 23.3. The zero-order valence-corrected chi connectivity index (χ0v) is 19.7. The number of anilines is 1. The van der Waals surface area contributed by atoms with Crippen LogP contribution in [0.4, 0.5) is 5.69 Å². The zero-order valence-electron chi connectivity index (χ0n) is 18.9. The molecular weight excluding hydrogens is 448 g/mol. The molecule has 3 aromatic rings. The maximum absolute atomic E-state index is 13.0. The van der Waals surface area contributed by atoms with Gasteiger partial charge in [-0.25, -0.2) is 4.79 Å². The fourth-order valence-electron chi connectivity index (χ4n) is 6.83. The molecule has 2 aromatic carbocycles. The lowest BCUT2D eigenvalue weighted by molar-refractivity contribution is -0.124. The molecule has 0 atom stereocenters. The van der Waals surface area contributed by atoms with Crippen LogP contribution in [0, 0.1) is 17.8 Å². The van der Waals surface area contributed by atoms with Crippen molar-refractivity contribution in [2.24, 2.45) is 17.8 Å². The smallest absolute Gasteiger partial charge is 0.323 e. The van der Waals surface area contributed by atoms with Gasteiger partial charge < -0.3 is 20.6 Å². The van der Waals surface area contributed by atoms with Crippen molar-refractivity contribution in [2.75, 3.05) is 11.1 Å². The van der Waals surface area contributed by atoms with Crippen molar-refractivity contribution < 1.29 is 9.59 Å². The molecule has 0 unspecified atom stereocenters. The number of aromatic nitrogens is 2. The molecule has 176 valence electrons. The molecule has 1 heterocycles. The topological polar surface area (TPSA) is 107 Å². The van der Waals surface area contributed by atoms with Crippen LogP contribution in [-0.2, 0) is 4.79 Å². The lowest BCUT2D eigenvalue weighted by Crippen LogP contribution is -2.60. The average Bonchev–Trinajstić information content (AvgIpc) is 3.16. The van der Waals surface area contributed by atoms with Crippen molar-refractivity contribution in [2.45, 2.75) is 49.0 Å². The molecule has 34 heavy (non-hydrogen) atoms. The van der Waals surface area contributed by atoms with Crippen molar-refractivity contribution >= 4 is 40.3 Å². The Balaban J connectivity index is 1.11. The van der Waals surface area contributed by atoms with Crippen LogP contribution in [0.5, 0.6) is 0 Å². The maximum atomic E-state index is 13.0. The summed E-state index contributed by atoms with van der Waals surface area (Å²) < 4.78 is 0. The average molecular weight is 477 g/mol. The number of aromatic amines is 2. The van der Waals surface area contributed by atoms with E-state index in [2.05, 4.69) is 20.6 Å². The van der Waals surface area contributed by atoms with Crippen LogP contribution in [0.3, 0.4) is 0 Å². The minimum atomic E-state index is -0.285. The van der Waals surface area contributed by atoms with Crippen LogP contribution in [-0.4, -0.2) is 33.1 Å². The standard InChI is InChI=1S/C26H28N4O3S/c31-23(30-26-11-15-7-16(12-26)9-17(8-15)13-26)14-34-22-4-2-1-3-19(22)24(32)27-18-5-6-20-21(10-18)29-25(33)28-20/h1-6,10,15-17H,7-9,11-14H2,(H,27,32)(H,30,31)(H2,28,29,33). The number of carbonyl (C=O) groups is 2. The molecule has 0 aliphatic heterocycles. The minimum absolute atomic E-state index is 0.00112. The van der Waals surface area contributed by atoms with Gasteiger partial charge in [-0.05, 0) is 86.6 Å². The van der Waals surface area contributed by atoms with Crippen molar-refractivity contribution in [1.29, 1.82) is 0 Å². The van der Waals surface area contributed by atoms with Gasteiger partial charge in [-0.2, -0.15) is 0 Å². The van der Waals surface area contributed by atoms with E-state index in [-0.39, 0.29) is 23.0 Å². The number of nitrogens with one attached hydrogen (secondary N) is 4. The first-order valence-corrected chi connectivity index (χ1v) is 13.0. The summed E-state index contributed by atoms with van der Waals surface area (Å²) in [6.45, 7) is 0. The summed E-state index contributed by atoms with van der Waals surface area (Å²) in [4.78, 5) is 43.6. The number of amides is 2. The highest BCUT2D eigenvalue weighted by Crippen LogP contribution is 2.55. The van der Waals surface area contributed by atoms with Crippen LogP contribution in [0.1, 0.15) is 48.9 Å². The van der Waals surface area contributed by atoms with Crippen molar-refractivity contribution in [1.82, 2.24) is 15.3 Å². The van der Waals surface area contributed by atoms with E-state index in [0.717, 1.165) is 41.9 Å². The fraction of sp³-hybridized carbons (Fsp3) is 0.423. The van der Waals surface area contributed by atoms with Gasteiger partial charge in [0.15, 0.2) is 0 Å². The van der Waals surface area contributed by atoms with E-state index < -0.39 is 0 Å². The van der Waals surface area contributed by atoms with Gasteiger partial charge in [0.05, 0.1) is 22.3 Å². The number of fused-ring (bicyclic) bond motifs is 1. The predicted octanol–water partition coefficient (Wildman–Crippen LogP) is 4.29. The number of benzene rings is 2. The lowest BCUT2D eigenvalue weighted by Gasteiger charge is -2.56. The normalized spacial score (nSPS) is 27.1. The first-order valence-electron chi connectivity index (χ1n) is 12.0. The molecule has 4 saturated carbocycles. The first kappa shape index (κ1) is 21.5. The summed E-state index contributed by atoms with van der Waals surface area (Å²) in [6.07, 6.45) is 7.43. The number of imidazole rings is 1. The summed E-state index contributed by atoms with van der Waals surface area (Å²) in [5, 5.41) is 6.31. The SMILES string of the molecule is O=C(CSc1ccccc1C(=O)Nc1ccc2[nH]c(=O)[nH]c2c1)NC12CC3CC(CC(C3)C1)C2. The van der Waals surface area contributed by atoms with E-state index in [4.69, 9.17) is 0 Å². The third kappa shape index (κ3) is 4.15. The fourth-order valence-corrected chi connectivity index (χ4v) is 7.68. The van der Waals surface area contributed by atoms with Crippen LogP contribution in [0.25, 0.3) is 11.0 Å². The van der Waals surface area contributed by atoms with Crippen molar-refractivity contribution in [3.8, 4) is 0 Å². The van der Waals surface area contributed by atoms with Gasteiger partial charge in [-0.1, -0.05) is 12.1 Å². The molecule has 7 nitrogen and oxygen atoms in total. The van der Waals surface area contributed by atoms with E-state index in [1.807, 2.05) is 18.2 Å². The van der Waals surface area contributed by atoms with Gasteiger partial charge in [-0.15, -0.1) is 11.8 Å². The number of hydrogen-bond donors (Lipinski definition) is 4. The Morgan fingerprint density at radius 3 is 2.35 bits per heavy atom. The Bertz CT molecular complexity index is 1290. The number of H-pyrrole nitrogens is 2. The number of hydrogen-bond acceptors (Lipinski definition) is 4. The second-order valence-corrected chi connectivity index (χ2v) is 11.3. The predicted molar refractivity (Wildman–Crippen MR) is 133 cm³/mol. The summed E-state index contributed by atoms with van der Waals surface area (Å²) in [5.74, 6) is 2.46. The molecule has 4 aliphatic carbocycles. The largest absolute Gasteiger partial charge is 0.350 e. The van der Waals surface area contributed by atoms with Gasteiger partial charge in [0.1, 0.15) is 0 Å². The summed E-state index contributed by atoms with van der Waals surface area (Å²) in [5.41, 5.74) is 2.15. The molecule has 8 heteroatoms. The van der Waals surface area contributed by atoms with E-state index in [1.54, 1.807) is 24.3 Å². The van der Waals surface area contributed by atoms with Crippen LogP contribution >= 0.6 is 11.8 Å². The third-order valence-electron chi connectivity index (χ3n) is 7.71. The Kier molecular flexibility index (Phi) is 5.28. The van der Waals surface area contributed by atoms with Gasteiger partial charge in [-0.3, -0.25) is 9.59 Å². The Morgan fingerprint density at radius 1 is 0.941 bits per heavy atom. The molecule has 4 bridgehead atoms. The van der Waals surface area contributed by atoms with E-state index in [9.17, 15) is 14.4 Å². The first-order chi connectivity index (χ1) is 16.4. The maximum Gasteiger partial charge on any atom is 0.323 e. The van der Waals surface area contributed by atoms with Gasteiger partial charge in [0.2, 0.25) is 5.91 Å². The van der Waals surface area contributed by atoms with Gasteiger partial charge >= 0.3 is 5.69 Å². The third-order valence-corrected chi connectivity index (χ3v) is 8.78. The minimum Gasteiger partial charge on any atom is -0.350 e. The van der Waals surface area contributed by atoms with Crippen LogP contribution in [0.2, 0.25) is 0 Å². The molecule has 1 aromatic heterocycles. The monoisotopic (exact) mass is 476 g/mol. The van der Waals surface area contributed by atoms with Gasteiger partial charge in [0.25, 0.3) is 5.91 Å². The second kappa shape index (κ2) is 8.34. The number of rotatable bonds is 6. The summed E-state index contributed by atoms with van der Waals surface area (Å²) >= 11 is 1.40. The molecular formula is C26H28N4O3S. The molecule has 2 amide bonds. The molecule has 0 radical (unpaired) electrons. The van der Waals surface area contributed by atoms with Gasteiger partial charge in [0, 0.05) is 16.1 Å². The molecule has 0 spiro atoms. The Hall–Kier alpha value is -3.00. The van der Waals surface area contributed by atoms with E-state index in [1.165, 1.54) is 31.0 Å². The molecule has 7 rings (SSSR count).